The van der Waals surface area contributed by atoms with Crippen LogP contribution in [0.4, 0.5) is 0 Å². The van der Waals surface area contributed by atoms with Crippen LogP contribution in [0.5, 0.6) is 5.75 Å². The zero-order chi connectivity index (χ0) is 19.2. The summed E-state index contributed by atoms with van der Waals surface area (Å²) in [7, 11) is 0. The number of carbonyl (C=O) groups excluding carboxylic acids is 1. The summed E-state index contributed by atoms with van der Waals surface area (Å²) >= 11 is 0. The van der Waals surface area contributed by atoms with Crippen molar-refractivity contribution in [2.24, 2.45) is 0 Å². The van der Waals surface area contributed by atoms with E-state index in [0.717, 1.165) is 16.7 Å². The van der Waals surface area contributed by atoms with Crippen molar-refractivity contribution in [3.8, 4) is 17.1 Å². The van der Waals surface area contributed by atoms with Crippen molar-refractivity contribution >= 4 is 5.97 Å². The van der Waals surface area contributed by atoms with Crippen LogP contribution in [0.2, 0.25) is 0 Å². The van der Waals surface area contributed by atoms with Gasteiger partial charge in [-0.3, -0.25) is 0 Å². The highest BCUT2D eigenvalue weighted by molar-refractivity contribution is 5.71. The van der Waals surface area contributed by atoms with Gasteiger partial charge in [-0.15, -0.1) is 0 Å². The molecule has 0 bridgehead atoms. The highest BCUT2D eigenvalue weighted by Gasteiger charge is 2.13. The molecule has 1 aromatic heterocycles. The molecule has 3 aromatic rings. The number of aryl methyl sites for hydroxylation is 1. The Labute approximate surface area is 159 Å². The second kappa shape index (κ2) is 8.54. The number of benzene rings is 2. The van der Waals surface area contributed by atoms with Gasteiger partial charge in [-0.1, -0.05) is 56.3 Å². The van der Waals surface area contributed by atoms with Crippen LogP contribution >= 0.6 is 0 Å². The van der Waals surface area contributed by atoms with Gasteiger partial charge in [0.15, 0.2) is 19.0 Å². The van der Waals surface area contributed by atoms with E-state index in [1.165, 1.54) is 0 Å². The molecule has 140 valence electrons. The average molecular weight is 365 g/mol. The molecule has 0 fully saturated rings. The maximum Gasteiger partial charge on any atom is 0.344 e. The Kier molecular flexibility index (Phi) is 5.91. The number of ether oxygens (including phenoxy) is 2. The zero-order valence-electron chi connectivity index (χ0n) is 15.8. The van der Waals surface area contributed by atoms with E-state index >= 15 is 0 Å². The first-order valence-corrected chi connectivity index (χ1v) is 8.92. The van der Waals surface area contributed by atoms with Gasteiger partial charge in [0, 0.05) is 5.56 Å². The van der Waals surface area contributed by atoms with E-state index in [0.29, 0.717) is 23.3 Å². The molecule has 1 heterocycles. The van der Waals surface area contributed by atoms with E-state index in [9.17, 15) is 4.79 Å². The van der Waals surface area contributed by atoms with Gasteiger partial charge in [-0.2, -0.15) is 0 Å². The fourth-order valence-electron chi connectivity index (χ4n) is 2.68. The maximum absolute atomic E-state index is 12.0. The van der Waals surface area contributed by atoms with Gasteiger partial charge >= 0.3 is 5.97 Å². The van der Waals surface area contributed by atoms with Crippen molar-refractivity contribution in [1.82, 2.24) is 4.98 Å². The van der Waals surface area contributed by atoms with Crippen molar-refractivity contribution < 1.29 is 18.7 Å². The summed E-state index contributed by atoms with van der Waals surface area (Å²) in [5.41, 5.74) is 3.07. The minimum atomic E-state index is -0.467. The molecule has 0 aliphatic carbocycles. The summed E-state index contributed by atoms with van der Waals surface area (Å²) in [6.07, 6.45) is 1.62. The maximum atomic E-state index is 12.0. The Hall–Kier alpha value is -3.08. The second-order valence-electron chi connectivity index (χ2n) is 6.63. The Morgan fingerprint density at radius 1 is 1.15 bits per heavy atom. The summed E-state index contributed by atoms with van der Waals surface area (Å²) in [6, 6.07) is 15.6. The lowest BCUT2D eigenvalue weighted by atomic mass is 10.0. The summed E-state index contributed by atoms with van der Waals surface area (Å²) in [6.45, 7) is 5.98. The van der Waals surface area contributed by atoms with Crippen LogP contribution in [0, 0.1) is 6.92 Å². The minimum Gasteiger partial charge on any atom is -0.482 e. The second-order valence-corrected chi connectivity index (χ2v) is 6.63. The third-order valence-corrected chi connectivity index (χ3v) is 4.11. The van der Waals surface area contributed by atoms with E-state index in [1.807, 2.05) is 55.5 Å². The summed E-state index contributed by atoms with van der Waals surface area (Å²) in [4.78, 5) is 16.2. The first-order valence-electron chi connectivity index (χ1n) is 8.92. The number of hydrogen-bond donors (Lipinski definition) is 0. The van der Waals surface area contributed by atoms with E-state index in [2.05, 4.69) is 18.8 Å². The van der Waals surface area contributed by atoms with Crippen molar-refractivity contribution in [3.63, 3.8) is 0 Å². The molecular formula is C22H23NO4. The summed E-state index contributed by atoms with van der Waals surface area (Å²) in [5, 5.41) is 0. The molecule has 0 N–H and O–H groups in total. The van der Waals surface area contributed by atoms with Crippen LogP contribution < -0.4 is 4.74 Å². The highest BCUT2D eigenvalue weighted by Crippen LogP contribution is 2.27. The Bertz CT molecular complexity index is 900. The van der Waals surface area contributed by atoms with Gasteiger partial charge in [0.25, 0.3) is 0 Å². The molecular weight excluding hydrogens is 342 g/mol. The molecule has 0 amide bonds. The van der Waals surface area contributed by atoms with Gasteiger partial charge in [0.1, 0.15) is 5.75 Å². The van der Waals surface area contributed by atoms with Crippen molar-refractivity contribution in [2.45, 2.75) is 33.3 Å². The normalized spacial score (nSPS) is 10.8. The van der Waals surface area contributed by atoms with Gasteiger partial charge in [-0.05, 0) is 30.0 Å². The quantitative estimate of drug-likeness (QED) is 0.558. The van der Waals surface area contributed by atoms with Crippen LogP contribution in [0.1, 0.15) is 36.8 Å². The van der Waals surface area contributed by atoms with E-state index in [-0.39, 0.29) is 13.2 Å². The molecule has 2 aromatic carbocycles. The number of rotatable bonds is 7. The lowest BCUT2D eigenvalue weighted by Crippen LogP contribution is -2.15. The van der Waals surface area contributed by atoms with Crippen molar-refractivity contribution in [3.05, 3.63) is 71.7 Å². The van der Waals surface area contributed by atoms with E-state index in [1.54, 1.807) is 6.20 Å². The molecule has 27 heavy (non-hydrogen) atoms. The fourth-order valence-corrected chi connectivity index (χ4v) is 2.68. The molecule has 0 unspecified atom stereocenters. The lowest BCUT2D eigenvalue weighted by molar-refractivity contribution is -0.148. The molecule has 0 atom stereocenters. The van der Waals surface area contributed by atoms with Gasteiger partial charge in [0.2, 0.25) is 5.89 Å². The van der Waals surface area contributed by atoms with Gasteiger partial charge < -0.3 is 13.9 Å². The Morgan fingerprint density at radius 2 is 1.93 bits per heavy atom. The number of esters is 1. The molecule has 0 aliphatic rings. The largest absolute Gasteiger partial charge is 0.482 e. The van der Waals surface area contributed by atoms with E-state index in [4.69, 9.17) is 13.9 Å². The lowest BCUT2D eigenvalue weighted by Gasteiger charge is -2.14. The molecule has 0 saturated heterocycles. The summed E-state index contributed by atoms with van der Waals surface area (Å²) < 4.78 is 16.5. The topological polar surface area (TPSA) is 61.6 Å². The molecule has 0 spiro atoms. The minimum absolute atomic E-state index is 0.0279. The fraction of sp³-hybridized carbons (Fsp3) is 0.273. The summed E-state index contributed by atoms with van der Waals surface area (Å²) in [5.74, 6) is 1.54. The third kappa shape index (κ3) is 4.97. The van der Waals surface area contributed by atoms with Gasteiger partial charge in [-0.25, -0.2) is 9.78 Å². The predicted octanol–water partition coefficient (Wildman–Crippen LogP) is 4.90. The van der Waals surface area contributed by atoms with Crippen molar-refractivity contribution in [1.29, 1.82) is 0 Å². The molecule has 0 radical (unpaired) electrons. The van der Waals surface area contributed by atoms with Crippen LogP contribution in [0.25, 0.3) is 11.3 Å². The Morgan fingerprint density at radius 3 is 2.67 bits per heavy atom. The van der Waals surface area contributed by atoms with Crippen LogP contribution in [0.3, 0.4) is 0 Å². The van der Waals surface area contributed by atoms with Gasteiger partial charge in [0.05, 0.1) is 6.20 Å². The number of carbonyl (C=O) groups is 1. The number of aromatic nitrogens is 1. The SMILES string of the molecule is Cc1ccc(C(C)C)c(OCC(=O)OCc2ncc(-c3ccccc3)o2)c1. The first-order chi connectivity index (χ1) is 13.0. The smallest absolute Gasteiger partial charge is 0.344 e. The number of oxazole rings is 1. The number of hydrogen-bond acceptors (Lipinski definition) is 5. The first kappa shape index (κ1) is 18.7. The predicted molar refractivity (Wildman–Crippen MR) is 102 cm³/mol. The number of nitrogens with zero attached hydrogens (tertiary/aromatic N) is 1. The molecule has 0 aliphatic heterocycles. The highest BCUT2D eigenvalue weighted by atomic mass is 16.6. The van der Waals surface area contributed by atoms with Crippen LogP contribution in [-0.2, 0) is 16.1 Å². The monoisotopic (exact) mass is 365 g/mol. The molecule has 5 heteroatoms. The van der Waals surface area contributed by atoms with E-state index < -0.39 is 5.97 Å². The van der Waals surface area contributed by atoms with Crippen LogP contribution in [0.15, 0.2) is 59.1 Å². The Balaban J connectivity index is 1.54. The standard InChI is InChI=1S/C22H23NO4/c1-15(2)18-10-9-16(3)11-19(18)25-14-22(24)26-13-21-23-12-20(27-21)17-7-5-4-6-8-17/h4-12,15H,13-14H2,1-3H3. The van der Waals surface area contributed by atoms with Crippen molar-refractivity contribution in [2.75, 3.05) is 6.61 Å². The zero-order valence-corrected chi connectivity index (χ0v) is 15.8. The average Bonchev–Trinajstić information content (AvgIpc) is 3.14. The molecule has 0 saturated carbocycles. The van der Waals surface area contributed by atoms with Crippen LogP contribution in [-0.4, -0.2) is 17.6 Å². The molecule has 5 nitrogen and oxygen atoms in total. The molecule has 3 rings (SSSR count). The third-order valence-electron chi connectivity index (χ3n) is 4.11.